The standard InChI is InChI=1S/C25H23F3N4O3S.ClH/c1-35-23-16-21-20(15-22(23)31-13-11-29-12-14-31)24(36(33,34)19-5-3-2-4-6-19)30-32(21)18-9-7-17(8-10-18)25(26,27)28;/h2-10,15-16,29H,11-14H2,1H3;1H. The van der Waals surface area contributed by atoms with Gasteiger partial charge in [-0.15, -0.1) is 12.4 Å². The Kier molecular flexibility index (Phi) is 7.40. The molecule has 0 saturated carbocycles. The third kappa shape index (κ3) is 4.98. The van der Waals surface area contributed by atoms with Crippen molar-refractivity contribution in [2.75, 3.05) is 38.2 Å². The molecule has 7 nitrogen and oxygen atoms in total. The number of anilines is 1. The Morgan fingerprint density at radius 2 is 1.62 bits per heavy atom. The van der Waals surface area contributed by atoms with E-state index in [2.05, 4.69) is 15.3 Å². The fourth-order valence-corrected chi connectivity index (χ4v) is 5.70. The predicted octanol–water partition coefficient (Wildman–Crippen LogP) is 4.72. The van der Waals surface area contributed by atoms with E-state index in [1.165, 1.54) is 36.1 Å². The van der Waals surface area contributed by atoms with Crippen molar-refractivity contribution in [3.05, 3.63) is 72.3 Å². The summed E-state index contributed by atoms with van der Waals surface area (Å²) in [6.45, 7) is 2.94. The van der Waals surface area contributed by atoms with Crippen molar-refractivity contribution in [1.29, 1.82) is 0 Å². The van der Waals surface area contributed by atoms with Crippen molar-refractivity contribution in [3.63, 3.8) is 0 Å². The molecule has 5 rings (SSSR count). The van der Waals surface area contributed by atoms with Gasteiger partial charge in [-0.25, -0.2) is 13.1 Å². The summed E-state index contributed by atoms with van der Waals surface area (Å²) in [4.78, 5) is 2.17. The summed E-state index contributed by atoms with van der Waals surface area (Å²) in [5.74, 6) is 0.515. The van der Waals surface area contributed by atoms with Crippen LogP contribution in [0.15, 0.2) is 76.7 Å². The van der Waals surface area contributed by atoms with Crippen molar-refractivity contribution in [1.82, 2.24) is 15.1 Å². The maximum atomic E-state index is 13.6. The van der Waals surface area contributed by atoms with Gasteiger partial charge in [0, 0.05) is 37.6 Å². The minimum Gasteiger partial charge on any atom is -0.495 e. The summed E-state index contributed by atoms with van der Waals surface area (Å²) in [5, 5.41) is 7.88. The number of halogens is 4. The van der Waals surface area contributed by atoms with Gasteiger partial charge in [0.2, 0.25) is 9.84 Å². The Bertz CT molecular complexity index is 1500. The molecule has 196 valence electrons. The van der Waals surface area contributed by atoms with Crippen LogP contribution < -0.4 is 15.0 Å². The molecular weight excluding hydrogens is 529 g/mol. The zero-order valence-electron chi connectivity index (χ0n) is 19.7. The largest absolute Gasteiger partial charge is 0.495 e. The van der Waals surface area contributed by atoms with Gasteiger partial charge in [0.25, 0.3) is 0 Å². The number of fused-ring (bicyclic) bond motifs is 1. The lowest BCUT2D eigenvalue weighted by Gasteiger charge is -2.30. The average molecular weight is 553 g/mol. The number of nitrogens with one attached hydrogen (secondary N) is 1. The van der Waals surface area contributed by atoms with Crippen molar-refractivity contribution < 1.29 is 26.3 Å². The first-order valence-corrected chi connectivity index (χ1v) is 12.7. The second kappa shape index (κ2) is 10.2. The van der Waals surface area contributed by atoms with Gasteiger partial charge in [0.15, 0.2) is 5.03 Å². The number of alkyl halides is 3. The minimum atomic E-state index is -4.49. The molecule has 0 unspecified atom stereocenters. The van der Waals surface area contributed by atoms with E-state index in [1.807, 2.05) is 0 Å². The molecule has 1 saturated heterocycles. The van der Waals surface area contributed by atoms with Crippen LogP contribution in [-0.2, 0) is 16.0 Å². The smallest absolute Gasteiger partial charge is 0.416 e. The highest BCUT2D eigenvalue weighted by molar-refractivity contribution is 7.91. The summed E-state index contributed by atoms with van der Waals surface area (Å²) < 4.78 is 73.6. The Hall–Kier alpha value is -3.28. The number of nitrogens with zero attached hydrogens (tertiary/aromatic N) is 3. The molecular formula is C25H24ClF3N4O3S. The molecule has 1 fully saturated rings. The van der Waals surface area contributed by atoms with Gasteiger partial charge in [-0.05, 0) is 42.5 Å². The molecule has 1 aromatic heterocycles. The number of sulfone groups is 1. The molecule has 37 heavy (non-hydrogen) atoms. The van der Waals surface area contributed by atoms with E-state index in [-0.39, 0.29) is 22.3 Å². The number of hydrogen-bond acceptors (Lipinski definition) is 6. The maximum Gasteiger partial charge on any atom is 0.416 e. The highest BCUT2D eigenvalue weighted by Gasteiger charge is 2.31. The maximum absolute atomic E-state index is 13.6. The summed E-state index contributed by atoms with van der Waals surface area (Å²) in [5.41, 5.74) is 0.612. The SMILES string of the molecule is COc1cc2c(cc1N1CCNCC1)c(S(=O)(=O)c1ccccc1)nn2-c1ccc(C(F)(F)F)cc1.Cl. The average Bonchev–Trinajstić information content (AvgIpc) is 3.28. The van der Waals surface area contributed by atoms with Crippen LogP contribution in [0.25, 0.3) is 16.6 Å². The van der Waals surface area contributed by atoms with Crippen molar-refractivity contribution >= 4 is 38.8 Å². The summed E-state index contributed by atoms with van der Waals surface area (Å²) in [6, 6.07) is 15.8. The van der Waals surface area contributed by atoms with Gasteiger partial charge in [-0.1, -0.05) is 18.2 Å². The van der Waals surface area contributed by atoms with E-state index >= 15 is 0 Å². The summed E-state index contributed by atoms with van der Waals surface area (Å²) in [7, 11) is -2.51. The Labute approximate surface area is 218 Å². The summed E-state index contributed by atoms with van der Waals surface area (Å²) >= 11 is 0. The third-order valence-corrected chi connectivity index (χ3v) is 7.85. The number of aromatic nitrogens is 2. The van der Waals surface area contributed by atoms with E-state index in [9.17, 15) is 21.6 Å². The topological polar surface area (TPSA) is 76.5 Å². The number of rotatable bonds is 5. The first-order chi connectivity index (χ1) is 17.2. The first-order valence-electron chi connectivity index (χ1n) is 11.2. The highest BCUT2D eigenvalue weighted by atomic mass is 35.5. The van der Waals surface area contributed by atoms with E-state index in [0.29, 0.717) is 35.4 Å². The number of piperazine rings is 1. The van der Waals surface area contributed by atoms with Gasteiger partial charge in [0.05, 0.1) is 34.5 Å². The fourth-order valence-electron chi connectivity index (χ4n) is 4.32. The van der Waals surface area contributed by atoms with Gasteiger partial charge in [-0.3, -0.25) is 0 Å². The molecule has 3 aromatic carbocycles. The quantitative estimate of drug-likeness (QED) is 0.386. The van der Waals surface area contributed by atoms with Crippen LogP contribution in [0.4, 0.5) is 18.9 Å². The Morgan fingerprint density at radius 1 is 0.973 bits per heavy atom. The van der Waals surface area contributed by atoms with Crippen LogP contribution in [0.2, 0.25) is 0 Å². The Morgan fingerprint density at radius 3 is 2.22 bits per heavy atom. The van der Waals surface area contributed by atoms with Crippen molar-refractivity contribution in [2.24, 2.45) is 0 Å². The molecule has 1 N–H and O–H groups in total. The molecule has 1 aliphatic heterocycles. The molecule has 2 heterocycles. The fraction of sp³-hybridized carbons (Fsp3) is 0.240. The van der Waals surface area contributed by atoms with Crippen molar-refractivity contribution in [2.45, 2.75) is 16.1 Å². The van der Waals surface area contributed by atoms with Crippen LogP contribution >= 0.6 is 12.4 Å². The van der Waals surface area contributed by atoms with Gasteiger partial charge >= 0.3 is 6.18 Å². The van der Waals surface area contributed by atoms with E-state index < -0.39 is 21.6 Å². The molecule has 0 aliphatic carbocycles. The van der Waals surface area contributed by atoms with Crippen LogP contribution in [0, 0.1) is 0 Å². The molecule has 0 spiro atoms. The van der Waals surface area contributed by atoms with E-state index in [4.69, 9.17) is 4.74 Å². The molecule has 1 aliphatic rings. The lowest BCUT2D eigenvalue weighted by Crippen LogP contribution is -2.43. The zero-order chi connectivity index (χ0) is 25.5. The van der Waals surface area contributed by atoms with E-state index in [1.54, 1.807) is 30.3 Å². The van der Waals surface area contributed by atoms with Crippen molar-refractivity contribution in [3.8, 4) is 11.4 Å². The molecule has 0 atom stereocenters. The lowest BCUT2D eigenvalue weighted by molar-refractivity contribution is -0.137. The van der Waals surface area contributed by atoms with Crippen LogP contribution in [0.1, 0.15) is 5.56 Å². The minimum absolute atomic E-state index is 0. The Balaban J connectivity index is 0.00000320. The highest BCUT2D eigenvalue weighted by Crippen LogP contribution is 2.39. The monoisotopic (exact) mass is 552 g/mol. The molecule has 0 bridgehead atoms. The third-order valence-electron chi connectivity index (χ3n) is 6.15. The number of ether oxygens (including phenoxy) is 1. The summed E-state index contributed by atoms with van der Waals surface area (Å²) in [6.07, 6.45) is -4.49. The van der Waals surface area contributed by atoms with E-state index in [0.717, 1.165) is 30.9 Å². The van der Waals surface area contributed by atoms with Crippen LogP contribution in [0.3, 0.4) is 0 Å². The first kappa shape index (κ1) is 26.8. The normalized spacial score (nSPS) is 14.4. The number of benzene rings is 3. The van der Waals surface area contributed by atoms with Gasteiger partial charge in [-0.2, -0.15) is 18.3 Å². The molecule has 12 heteroatoms. The number of methoxy groups -OCH3 is 1. The number of hydrogen-bond donors (Lipinski definition) is 1. The molecule has 0 radical (unpaired) electrons. The van der Waals surface area contributed by atoms with Gasteiger partial charge in [0.1, 0.15) is 5.75 Å². The lowest BCUT2D eigenvalue weighted by atomic mass is 10.1. The molecule has 0 amide bonds. The van der Waals surface area contributed by atoms with Gasteiger partial charge < -0.3 is 15.0 Å². The van der Waals surface area contributed by atoms with Crippen LogP contribution in [-0.4, -0.2) is 51.5 Å². The molecule has 4 aromatic rings. The van der Waals surface area contributed by atoms with Crippen LogP contribution in [0.5, 0.6) is 5.75 Å². The second-order valence-corrected chi connectivity index (χ2v) is 10.2. The predicted molar refractivity (Wildman–Crippen MR) is 137 cm³/mol. The zero-order valence-corrected chi connectivity index (χ0v) is 21.3. The second-order valence-electron chi connectivity index (χ2n) is 8.36.